The van der Waals surface area contributed by atoms with Crippen molar-refractivity contribution in [2.45, 2.75) is 25.2 Å². The van der Waals surface area contributed by atoms with Crippen LogP contribution in [0.15, 0.2) is 26.0 Å². The molecule has 0 aliphatic carbocycles. The number of nitrogen functional groups attached to an aromatic ring is 1. The van der Waals surface area contributed by atoms with Gasteiger partial charge in [-0.2, -0.15) is 4.31 Å². The van der Waals surface area contributed by atoms with Gasteiger partial charge in [0.1, 0.15) is 4.90 Å². The quantitative estimate of drug-likeness (QED) is 0.738. The number of hydrogen-bond acceptors (Lipinski definition) is 3. The maximum absolute atomic E-state index is 12.9. The van der Waals surface area contributed by atoms with Crippen molar-refractivity contribution in [1.82, 2.24) is 4.31 Å². The third-order valence-electron chi connectivity index (χ3n) is 3.45. The number of hydrogen-bond donors (Lipinski definition) is 1. The Labute approximate surface area is 137 Å². The average molecular weight is 426 g/mol. The summed E-state index contributed by atoms with van der Waals surface area (Å²) in [5.74, 6) is 0.750. The molecule has 2 unspecified atom stereocenters. The van der Waals surface area contributed by atoms with Crippen molar-refractivity contribution in [2.75, 3.05) is 18.8 Å². The summed E-state index contributed by atoms with van der Waals surface area (Å²) in [5.41, 5.74) is 6.24. The summed E-state index contributed by atoms with van der Waals surface area (Å²) in [7, 11) is -3.52. The summed E-state index contributed by atoms with van der Waals surface area (Å²) in [6.45, 7) is 5.31. The van der Waals surface area contributed by atoms with E-state index in [4.69, 9.17) is 5.73 Å². The molecule has 2 N–H and O–H groups in total. The normalized spacial score (nSPS) is 24.8. The molecular formula is C13H18Br2N2O2S. The molecule has 1 aliphatic rings. The minimum Gasteiger partial charge on any atom is -0.399 e. The summed E-state index contributed by atoms with van der Waals surface area (Å²) in [4.78, 5) is 0.257. The number of nitrogens with zero attached hydrogens (tertiary/aromatic N) is 1. The van der Waals surface area contributed by atoms with E-state index < -0.39 is 10.0 Å². The van der Waals surface area contributed by atoms with Gasteiger partial charge in [0, 0.05) is 27.7 Å². The van der Waals surface area contributed by atoms with Crippen LogP contribution in [0, 0.1) is 11.8 Å². The van der Waals surface area contributed by atoms with Gasteiger partial charge in [-0.05, 0) is 62.2 Å². The lowest BCUT2D eigenvalue weighted by molar-refractivity contribution is 0.222. The maximum Gasteiger partial charge on any atom is 0.245 e. The number of rotatable bonds is 2. The Hall–Kier alpha value is -0.110. The van der Waals surface area contributed by atoms with E-state index >= 15 is 0 Å². The Bertz CT molecular complexity index is 586. The van der Waals surface area contributed by atoms with E-state index in [0.717, 1.165) is 6.42 Å². The topological polar surface area (TPSA) is 63.4 Å². The molecule has 0 saturated carbocycles. The van der Waals surface area contributed by atoms with E-state index in [0.29, 0.717) is 39.6 Å². The molecule has 0 bridgehead atoms. The Morgan fingerprint density at radius 2 is 1.60 bits per heavy atom. The van der Waals surface area contributed by atoms with Gasteiger partial charge in [-0.15, -0.1) is 0 Å². The van der Waals surface area contributed by atoms with E-state index in [9.17, 15) is 8.42 Å². The Kier molecular flexibility index (Phi) is 4.83. The summed E-state index contributed by atoms with van der Waals surface area (Å²) < 4.78 is 28.3. The molecular weight excluding hydrogens is 408 g/mol. The molecule has 0 aromatic heterocycles. The van der Waals surface area contributed by atoms with Crippen LogP contribution in [-0.2, 0) is 10.0 Å². The molecule has 1 aromatic rings. The fraction of sp³-hybridized carbons (Fsp3) is 0.538. The SMILES string of the molecule is CC1CC(C)CN(S(=O)(=O)c2c(Br)cc(N)cc2Br)C1. The largest absolute Gasteiger partial charge is 0.399 e. The minimum absolute atomic E-state index is 0.257. The molecule has 1 saturated heterocycles. The Balaban J connectivity index is 2.45. The molecule has 4 nitrogen and oxygen atoms in total. The minimum atomic E-state index is -3.52. The zero-order chi connectivity index (χ0) is 15.1. The maximum atomic E-state index is 12.9. The molecule has 1 aliphatic heterocycles. The summed E-state index contributed by atoms with van der Waals surface area (Å²) in [6.07, 6.45) is 1.07. The van der Waals surface area contributed by atoms with Crippen molar-refractivity contribution >= 4 is 47.6 Å². The first-order valence-electron chi connectivity index (χ1n) is 6.46. The van der Waals surface area contributed by atoms with Gasteiger partial charge in [0.2, 0.25) is 10.0 Å². The highest BCUT2D eigenvalue weighted by molar-refractivity contribution is 9.11. The lowest BCUT2D eigenvalue weighted by Crippen LogP contribution is -2.42. The van der Waals surface area contributed by atoms with Crippen LogP contribution in [-0.4, -0.2) is 25.8 Å². The summed E-state index contributed by atoms with van der Waals surface area (Å²) in [6, 6.07) is 3.24. The zero-order valence-electron chi connectivity index (χ0n) is 11.4. The molecule has 0 radical (unpaired) electrons. The van der Waals surface area contributed by atoms with Gasteiger partial charge in [0.25, 0.3) is 0 Å². The standard InChI is InChI=1S/C13H18Br2N2O2S/c1-8-3-9(2)7-17(6-8)20(18,19)13-11(14)4-10(16)5-12(13)15/h4-5,8-9H,3,6-7,16H2,1-2H3. The van der Waals surface area contributed by atoms with E-state index in [-0.39, 0.29) is 4.90 Å². The first-order valence-corrected chi connectivity index (χ1v) is 9.49. The highest BCUT2D eigenvalue weighted by Crippen LogP contribution is 2.36. The smallest absolute Gasteiger partial charge is 0.245 e. The van der Waals surface area contributed by atoms with E-state index in [1.165, 1.54) is 0 Å². The average Bonchev–Trinajstić information content (AvgIpc) is 2.25. The van der Waals surface area contributed by atoms with Crippen LogP contribution in [0.2, 0.25) is 0 Å². The van der Waals surface area contributed by atoms with Crippen LogP contribution >= 0.6 is 31.9 Å². The highest BCUT2D eigenvalue weighted by atomic mass is 79.9. The fourth-order valence-corrected chi connectivity index (χ4v) is 6.98. The van der Waals surface area contributed by atoms with E-state index in [2.05, 4.69) is 45.7 Å². The number of nitrogens with two attached hydrogens (primary N) is 1. The third kappa shape index (κ3) is 3.21. The highest BCUT2D eigenvalue weighted by Gasteiger charge is 2.34. The summed E-state index contributed by atoms with van der Waals surface area (Å²) in [5, 5.41) is 0. The predicted molar refractivity (Wildman–Crippen MR) is 88.0 cm³/mol. The molecule has 20 heavy (non-hydrogen) atoms. The first-order chi connectivity index (χ1) is 9.21. The number of anilines is 1. The number of piperidine rings is 1. The van der Waals surface area contributed by atoms with Crippen molar-refractivity contribution in [2.24, 2.45) is 11.8 Å². The molecule has 1 fully saturated rings. The molecule has 0 amide bonds. The van der Waals surface area contributed by atoms with Gasteiger partial charge in [-0.3, -0.25) is 0 Å². The zero-order valence-corrected chi connectivity index (χ0v) is 15.4. The molecule has 1 aromatic carbocycles. The van der Waals surface area contributed by atoms with Crippen LogP contribution in [0.25, 0.3) is 0 Å². The van der Waals surface area contributed by atoms with Crippen molar-refractivity contribution in [3.63, 3.8) is 0 Å². The van der Waals surface area contributed by atoms with Crippen molar-refractivity contribution in [3.05, 3.63) is 21.1 Å². The fourth-order valence-electron chi connectivity index (χ4n) is 2.76. The van der Waals surface area contributed by atoms with E-state index in [1.54, 1.807) is 16.4 Å². The molecule has 2 rings (SSSR count). The summed E-state index contributed by atoms with van der Waals surface area (Å²) >= 11 is 6.63. The number of sulfonamides is 1. The third-order valence-corrected chi connectivity index (χ3v) is 7.16. The van der Waals surface area contributed by atoms with Gasteiger partial charge in [-0.25, -0.2) is 8.42 Å². The van der Waals surface area contributed by atoms with Gasteiger partial charge < -0.3 is 5.73 Å². The molecule has 7 heteroatoms. The molecule has 2 atom stereocenters. The second kappa shape index (κ2) is 5.94. The van der Waals surface area contributed by atoms with Crippen LogP contribution in [0.5, 0.6) is 0 Å². The van der Waals surface area contributed by atoms with Crippen molar-refractivity contribution in [3.8, 4) is 0 Å². The lowest BCUT2D eigenvalue weighted by atomic mass is 9.94. The van der Waals surface area contributed by atoms with Crippen molar-refractivity contribution < 1.29 is 8.42 Å². The monoisotopic (exact) mass is 424 g/mol. The predicted octanol–water partition coefficient (Wildman–Crippen LogP) is 3.46. The molecule has 1 heterocycles. The second-order valence-electron chi connectivity index (χ2n) is 5.58. The van der Waals surface area contributed by atoms with Gasteiger partial charge >= 0.3 is 0 Å². The van der Waals surface area contributed by atoms with E-state index in [1.807, 2.05) is 0 Å². The lowest BCUT2D eigenvalue weighted by Gasteiger charge is -2.34. The van der Waals surface area contributed by atoms with Crippen LogP contribution in [0.4, 0.5) is 5.69 Å². The van der Waals surface area contributed by atoms with Crippen LogP contribution in [0.1, 0.15) is 20.3 Å². The molecule has 112 valence electrons. The Morgan fingerprint density at radius 3 is 2.05 bits per heavy atom. The van der Waals surface area contributed by atoms with Crippen LogP contribution in [0.3, 0.4) is 0 Å². The van der Waals surface area contributed by atoms with Crippen molar-refractivity contribution in [1.29, 1.82) is 0 Å². The number of benzene rings is 1. The second-order valence-corrected chi connectivity index (χ2v) is 9.17. The van der Waals surface area contributed by atoms with Gasteiger partial charge in [0.05, 0.1) is 0 Å². The molecule has 0 spiro atoms. The first kappa shape index (κ1) is 16.3. The van der Waals surface area contributed by atoms with Crippen LogP contribution < -0.4 is 5.73 Å². The van der Waals surface area contributed by atoms with Gasteiger partial charge in [0.15, 0.2) is 0 Å². The Morgan fingerprint density at radius 1 is 1.15 bits per heavy atom. The van der Waals surface area contributed by atoms with Gasteiger partial charge in [-0.1, -0.05) is 13.8 Å². The number of halogens is 2.